The molecule has 2 rings (SSSR count). The number of nitrogens with zero attached hydrogens (tertiary/aromatic N) is 1. The molecule has 2 nitrogen and oxygen atoms in total. The number of para-hydroxylation sites is 1. The average molecular weight is 194 g/mol. The van der Waals surface area contributed by atoms with Crippen molar-refractivity contribution in [2.45, 2.75) is 6.43 Å². The van der Waals surface area contributed by atoms with E-state index in [-0.39, 0.29) is 11.4 Å². The first-order chi connectivity index (χ1) is 6.68. The number of hydrogen-bond acceptors (Lipinski definition) is 2. The molecule has 14 heavy (non-hydrogen) atoms. The Labute approximate surface area is 79.4 Å². The van der Waals surface area contributed by atoms with Crippen LogP contribution in [0.4, 0.5) is 14.6 Å². The zero-order chi connectivity index (χ0) is 10.1. The molecule has 1 heterocycles. The first-order valence-corrected chi connectivity index (χ1v) is 4.12. The number of rotatable bonds is 1. The summed E-state index contributed by atoms with van der Waals surface area (Å²) in [5.74, 6) is -0.0984. The third-order valence-electron chi connectivity index (χ3n) is 2.02. The summed E-state index contributed by atoms with van der Waals surface area (Å²) in [4.78, 5) is 3.89. The number of pyridine rings is 1. The normalized spacial score (nSPS) is 11.1. The number of hydrogen-bond donors (Lipinski definition) is 1. The van der Waals surface area contributed by atoms with E-state index < -0.39 is 6.43 Å². The van der Waals surface area contributed by atoms with Crippen molar-refractivity contribution >= 4 is 16.7 Å². The maximum atomic E-state index is 12.4. The third-order valence-corrected chi connectivity index (χ3v) is 2.02. The van der Waals surface area contributed by atoms with E-state index >= 15 is 0 Å². The highest BCUT2D eigenvalue weighted by atomic mass is 19.3. The lowest BCUT2D eigenvalue weighted by atomic mass is 10.1. The van der Waals surface area contributed by atoms with Gasteiger partial charge in [-0.2, -0.15) is 0 Å². The van der Waals surface area contributed by atoms with Crippen LogP contribution in [-0.2, 0) is 0 Å². The molecule has 72 valence electrons. The minimum atomic E-state index is -2.58. The molecule has 2 N–H and O–H groups in total. The number of fused-ring (bicyclic) bond motifs is 1. The van der Waals surface area contributed by atoms with Crippen molar-refractivity contribution in [1.29, 1.82) is 0 Å². The van der Waals surface area contributed by atoms with Gasteiger partial charge in [-0.1, -0.05) is 18.2 Å². The van der Waals surface area contributed by atoms with Crippen LogP contribution in [0, 0.1) is 0 Å². The number of alkyl halides is 2. The number of aromatic nitrogens is 1. The van der Waals surface area contributed by atoms with Gasteiger partial charge in [0.15, 0.2) is 0 Å². The highest BCUT2D eigenvalue weighted by Crippen LogP contribution is 2.26. The molecule has 0 aliphatic rings. The Morgan fingerprint density at radius 3 is 2.64 bits per heavy atom. The number of nitrogen functional groups attached to an aromatic ring is 1. The van der Waals surface area contributed by atoms with Crippen LogP contribution in [0.2, 0.25) is 0 Å². The van der Waals surface area contributed by atoms with Crippen molar-refractivity contribution in [1.82, 2.24) is 4.98 Å². The minimum absolute atomic E-state index is 0.0984. The van der Waals surface area contributed by atoms with Gasteiger partial charge in [0.05, 0.1) is 11.1 Å². The molecule has 0 unspecified atom stereocenters. The summed E-state index contributed by atoms with van der Waals surface area (Å²) in [5.41, 5.74) is 5.83. The summed E-state index contributed by atoms with van der Waals surface area (Å²) < 4.78 is 24.9. The van der Waals surface area contributed by atoms with Crippen molar-refractivity contribution in [2.24, 2.45) is 0 Å². The van der Waals surface area contributed by atoms with Crippen LogP contribution in [0.1, 0.15) is 12.0 Å². The molecule has 0 aliphatic heterocycles. The van der Waals surface area contributed by atoms with E-state index in [2.05, 4.69) is 4.98 Å². The molecule has 0 radical (unpaired) electrons. The predicted octanol–water partition coefficient (Wildman–Crippen LogP) is 2.75. The quantitative estimate of drug-likeness (QED) is 0.758. The SMILES string of the molecule is Nc1nc2ccccc2cc1C(F)F. The van der Waals surface area contributed by atoms with E-state index in [0.29, 0.717) is 10.9 Å². The molecule has 0 saturated carbocycles. The molecular formula is C10H8F2N2. The van der Waals surface area contributed by atoms with E-state index in [0.717, 1.165) is 0 Å². The zero-order valence-electron chi connectivity index (χ0n) is 7.24. The van der Waals surface area contributed by atoms with Gasteiger partial charge in [-0.3, -0.25) is 0 Å². The fourth-order valence-corrected chi connectivity index (χ4v) is 1.32. The molecule has 0 atom stereocenters. The van der Waals surface area contributed by atoms with E-state index in [1.807, 2.05) is 0 Å². The summed E-state index contributed by atoms with van der Waals surface area (Å²) in [6.07, 6.45) is -2.58. The Hall–Kier alpha value is -1.71. The molecular weight excluding hydrogens is 186 g/mol. The molecule has 0 aliphatic carbocycles. The van der Waals surface area contributed by atoms with Gasteiger partial charge in [0.25, 0.3) is 6.43 Å². The fourth-order valence-electron chi connectivity index (χ4n) is 1.32. The Morgan fingerprint density at radius 1 is 1.21 bits per heavy atom. The lowest BCUT2D eigenvalue weighted by Gasteiger charge is -2.05. The average Bonchev–Trinajstić information content (AvgIpc) is 2.16. The van der Waals surface area contributed by atoms with Crippen molar-refractivity contribution in [3.8, 4) is 0 Å². The van der Waals surface area contributed by atoms with Gasteiger partial charge in [-0.15, -0.1) is 0 Å². The molecule has 1 aromatic heterocycles. The molecule has 1 aromatic carbocycles. The fraction of sp³-hybridized carbons (Fsp3) is 0.100. The Morgan fingerprint density at radius 2 is 1.93 bits per heavy atom. The van der Waals surface area contributed by atoms with E-state index in [4.69, 9.17) is 5.73 Å². The third kappa shape index (κ3) is 1.39. The molecule has 0 saturated heterocycles. The molecule has 0 fully saturated rings. The second-order valence-corrected chi connectivity index (χ2v) is 2.96. The second-order valence-electron chi connectivity index (χ2n) is 2.96. The lowest BCUT2D eigenvalue weighted by molar-refractivity contribution is 0.152. The van der Waals surface area contributed by atoms with E-state index in [1.54, 1.807) is 24.3 Å². The van der Waals surface area contributed by atoms with Gasteiger partial charge in [0.1, 0.15) is 5.82 Å². The number of benzene rings is 1. The first kappa shape index (κ1) is 8.87. The second kappa shape index (κ2) is 3.21. The van der Waals surface area contributed by atoms with Crippen LogP contribution in [0.3, 0.4) is 0 Å². The van der Waals surface area contributed by atoms with Crippen molar-refractivity contribution in [3.63, 3.8) is 0 Å². The van der Waals surface area contributed by atoms with Crippen molar-refractivity contribution in [3.05, 3.63) is 35.9 Å². The number of nitrogens with two attached hydrogens (primary N) is 1. The van der Waals surface area contributed by atoms with Gasteiger partial charge in [-0.05, 0) is 12.1 Å². The van der Waals surface area contributed by atoms with E-state index in [1.165, 1.54) is 6.07 Å². The Balaban J connectivity index is 2.71. The number of halogens is 2. The van der Waals surface area contributed by atoms with Crippen LogP contribution in [0.15, 0.2) is 30.3 Å². The maximum absolute atomic E-state index is 12.4. The standard InChI is InChI=1S/C10H8F2N2/c11-9(12)7-5-6-3-1-2-4-8(6)14-10(7)13/h1-5,9H,(H2,13,14). The minimum Gasteiger partial charge on any atom is -0.383 e. The zero-order valence-corrected chi connectivity index (χ0v) is 7.24. The summed E-state index contributed by atoms with van der Waals surface area (Å²) in [5, 5.41) is 0.678. The largest absolute Gasteiger partial charge is 0.383 e. The highest BCUT2D eigenvalue weighted by molar-refractivity contribution is 5.81. The highest BCUT2D eigenvalue weighted by Gasteiger charge is 2.12. The predicted molar refractivity (Wildman–Crippen MR) is 51.1 cm³/mol. The lowest BCUT2D eigenvalue weighted by Crippen LogP contribution is -1.98. The topological polar surface area (TPSA) is 38.9 Å². The first-order valence-electron chi connectivity index (χ1n) is 4.12. The van der Waals surface area contributed by atoms with Gasteiger partial charge < -0.3 is 5.73 Å². The van der Waals surface area contributed by atoms with Crippen molar-refractivity contribution < 1.29 is 8.78 Å². The molecule has 4 heteroatoms. The monoisotopic (exact) mass is 194 g/mol. The number of anilines is 1. The van der Waals surface area contributed by atoms with Gasteiger partial charge in [0.2, 0.25) is 0 Å². The van der Waals surface area contributed by atoms with Gasteiger partial charge >= 0.3 is 0 Å². The van der Waals surface area contributed by atoms with Crippen molar-refractivity contribution in [2.75, 3.05) is 5.73 Å². The summed E-state index contributed by atoms with van der Waals surface area (Å²) in [7, 11) is 0. The Bertz CT molecular complexity index is 469. The maximum Gasteiger partial charge on any atom is 0.267 e. The van der Waals surface area contributed by atoms with Crippen LogP contribution < -0.4 is 5.73 Å². The summed E-state index contributed by atoms with van der Waals surface area (Å²) >= 11 is 0. The van der Waals surface area contributed by atoms with Crippen LogP contribution in [0.5, 0.6) is 0 Å². The molecule has 0 bridgehead atoms. The van der Waals surface area contributed by atoms with Gasteiger partial charge in [-0.25, -0.2) is 13.8 Å². The van der Waals surface area contributed by atoms with Crippen LogP contribution >= 0.6 is 0 Å². The van der Waals surface area contributed by atoms with Crippen LogP contribution in [-0.4, -0.2) is 4.98 Å². The summed E-state index contributed by atoms with van der Waals surface area (Å²) in [6, 6.07) is 8.41. The van der Waals surface area contributed by atoms with Gasteiger partial charge in [0, 0.05) is 5.39 Å². The summed E-state index contributed by atoms with van der Waals surface area (Å²) in [6.45, 7) is 0. The Kier molecular flexibility index (Phi) is 2.04. The molecule has 0 amide bonds. The molecule has 0 spiro atoms. The smallest absolute Gasteiger partial charge is 0.267 e. The van der Waals surface area contributed by atoms with Crippen LogP contribution in [0.25, 0.3) is 10.9 Å². The van der Waals surface area contributed by atoms with E-state index in [9.17, 15) is 8.78 Å². The molecule has 2 aromatic rings.